The molecule has 0 bridgehead atoms. The number of halogens is 3. The first-order valence-electron chi connectivity index (χ1n) is 9.88. The van der Waals surface area contributed by atoms with Crippen molar-refractivity contribution in [1.29, 1.82) is 0 Å². The number of hydrogen-bond acceptors (Lipinski definition) is 4. The number of likely N-dealkylation sites (tertiary alicyclic amines) is 1. The summed E-state index contributed by atoms with van der Waals surface area (Å²) in [6, 6.07) is -0.446. The summed E-state index contributed by atoms with van der Waals surface area (Å²) in [7, 11) is 0. The van der Waals surface area contributed by atoms with Crippen molar-refractivity contribution in [2.45, 2.75) is 56.7 Å². The quantitative estimate of drug-likeness (QED) is 0.660. The molecule has 2 aliphatic heterocycles. The van der Waals surface area contributed by atoms with Crippen molar-refractivity contribution in [2.75, 3.05) is 32.7 Å². The largest absolute Gasteiger partial charge is 0.401 e. The minimum Gasteiger partial charge on any atom is -0.356 e. The Morgan fingerprint density at radius 3 is 2.61 bits per heavy atom. The molecule has 0 aromatic heterocycles. The number of rotatable bonds is 6. The number of nitrogens with one attached hydrogen (secondary N) is 2. The average molecular weight is 404 g/mol. The molecule has 0 aromatic carbocycles. The highest BCUT2D eigenvalue weighted by molar-refractivity contribution is 6.07. The zero-order chi connectivity index (χ0) is 20.4. The van der Waals surface area contributed by atoms with Crippen LogP contribution in [0.3, 0.4) is 0 Å². The Labute approximate surface area is 162 Å². The monoisotopic (exact) mass is 404 g/mol. The molecule has 0 unspecified atom stereocenters. The van der Waals surface area contributed by atoms with Gasteiger partial charge >= 0.3 is 12.2 Å². The summed E-state index contributed by atoms with van der Waals surface area (Å²) in [5, 5.41) is 5.52. The Hall–Kier alpha value is -1.84. The van der Waals surface area contributed by atoms with Crippen molar-refractivity contribution >= 4 is 17.8 Å². The predicted octanol–water partition coefficient (Wildman–Crippen LogP) is 1.63. The summed E-state index contributed by atoms with van der Waals surface area (Å²) in [4.78, 5) is 39.3. The minimum absolute atomic E-state index is 0.00573. The van der Waals surface area contributed by atoms with Crippen LogP contribution in [0, 0.1) is 5.92 Å². The third kappa shape index (κ3) is 4.95. The molecular formula is C18H27F3N4O3. The number of carbonyl (C=O) groups excluding carboxylic acids is 3. The summed E-state index contributed by atoms with van der Waals surface area (Å²) in [5.74, 6) is -0.573. The highest BCUT2D eigenvalue weighted by Crippen LogP contribution is 2.33. The first-order valence-corrected chi connectivity index (χ1v) is 9.88. The van der Waals surface area contributed by atoms with Gasteiger partial charge in [-0.05, 0) is 31.7 Å². The highest BCUT2D eigenvalue weighted by atomic mass is 19.4. The molecule has 158 valence electrons. The van der Waals surface area contributed by atoms with Gasteiger partial charge in [0.1, 0.15) is 5.54 Å². The van der Waals surface area contributed by atoms with Gasteiger partial charge in [0, 0.05) is 26.1 Å². The molecule has 2 heterocycles. The number of amides is 4. The Kier molecular flexibility index (Phi) is 6.16. The van der Waals surface area contributed by atoms with Gasteiger partial charge in [0.15, 0.2) is 0 Å². The van der Waals surface area contributed by atoms with Crippen LogP contribution < -0.4 is 10.6 Å². The minimum atomic E-state index is -4.21. The van der Waals surface area contributed by atoms with Crippen LogP contribution in [0.5, 0.6) is 0 Å². The second-order valence-corrected chi connectivity index (χ2v) is 8.09. The molecule has 4 amide bonds. The number of imide groups is 1. The topological polar surface area (TPSA) is 81.8 Å². The molecule has 0 radical (unpaired) electrons. The lowest BCUT2D eigenvalue weighted by Crippen LogP contribution is -2.48. The highest BCUT2D eigenvalue weighted by Gasteiger charge is 2.51. The molecule has 0 aromatic rings. The zero-order valence-electron chi connectivity index (χ0n) is 15.8. The molecule has 2 N–H and O–H groups in total. The van der Waals surface area contributed by atoms with Gasteiger partial charge < -0.3 is 10.6 Å². The fourth-order valence-corrected chi connectivity index (χ4v) is 4.41. The van der Waals surface area contributed by atoms with E-state index in [9.17, 15) is 27.6 Å². The van der Waals surface area contributed by atoms with Gasteiger partial charge in [-0.25, -0.2) is 4.79 Å². The molecule has 1 atom stereocenters. The summed E-state index contributed by atoms with van der Waals surface area (Å²) < 4.78 is 37.2. The zero-order valence-corrected chi connectivity index (χ0v) is 15.8. The van der Waals surface area contributed by atoms with Crippen molar-refractivity contribution in [3.8, 4) is 0 Å². The van der Waals surface area contributed by atoms with Crippen LogP contribution in [-0.2, 0) is 9.59 Å². The molecule has 28 heavy (non-hydrogen) atoms. The summed E-state index contributed by atoms with van der Waals surface area (Å²) in [6.07, 6.45) is 0.499. The van der Waals surface area contributed by atoms with E-state index in [0.717, 1.165) is 24.2 Å². The van der Waals surface area contributed by atoms with E-state index >= 15 is 0 Å². The number of hydrogen-bond donors (Lipinski definition) is 2. The van der Waals surface area contributed by atoms with Crippen LogP contribution in [0.1, 0.15) is 44.9 Å². The SMILES string of the molecule is O=C(CCN1C(=O)NC2(CCCCC2)C1=O)NC[C@H]1CCN(CC(F)(F)F)C1. The molecule has 10 heteroatoms. The van der Waals surface area contributed by atoms with E-state index in [-0.39, 0.29) is 30.7 Å². The summed E-state index contributed by atoms with van der Waals surface area (Å²) >= 11 is 0. The number of urea groups is 1. The van der Waals surface area contributed by atoms with E-state index < -0.39 is 24.3 Å². The number of carbonyl (C=O) groups is 3. The van der Waals surface area contributed by atoms with Crippen molar-refractivity contribution < 1.29 is 27.6 Å². The standard InChI is InChI=1S/C18H27F3N4O3/c19-18(20,21)12-24-8-4-13(11-24)10-22-14(26)5-9-25-15(27)17(23-16(25)28)6-2-1-3-7-17/h13H,1-12H2,(H,22,26)(H,23,28)/t13-/m1/s1. The smallest absolute Gasteiger partial charge is 0.356 e. The molecule has 3 rings (SSSR count). The Bertz CT molecular complexity index is 620. The fraction of sp³-hybridized carbons (Fsp3) is 0.833. The third-order valence-corrected chi connectivity index (χ3v) is 5.88. The van der Waals surface area contributed by atoms with Crippen LogP contribution >= 0.6 is 0 Å². The maximum Gasteiger partial charge on any atom is 0.401 e. The predicted molar refractivity (Wildman–Crippen MR) is 94.3 cm³/mol. The van der Waals surface area contributed by atoms with Crippen molar-refractivity contribution in [3.63, 3.8) is 0 Å². The van der Waals surface area contributed by atoms with Crippen LogP contribution in [0.25, 0.3) is 0 Å². The van der Waals surface area contributed by atoms with Gasteiger partial charge in [-0.1, -0.05) is 19.3 Å². The summed E-state index contributed by atoms with van der Waals surface area (Å²) in [5.41, 5.74) is -0.794. The van der Waals surface area contributed by atoms with E-state index in [2.05, 4.69) is 10.6 Å². The molecule has 1 saturated carbocycles. The van der Waals surface area contributed by atoms with Gasteiger partial charge in [0.05, 0.1) is 6.54 Å². The lowest BCUT2D eigenvalue weighted by molar-refractivity contribution is -0.144. The van der Waals surface area contributed by atoms with Gasteiger partial charge in [0.25, 0.3) is 5.91 Å². The van der Waals surface area contributed by atoms with E-state index in [1.165, 1.54) is 4.90 Å². The normalized spacial score (nSPS) is 25.4. The van der Waals surface area contributed by atoms with Crippen LogP contribution in [0.15, 0.2) is 0 Å². The van der Waals surface area contributed by atoms with E-state index in [4.69, 9.17) is 0 Å². The molecular weight excluding hydrogens is 377 g/mol. The Morgan fingerprint density at radius 2 is 1.93 bits per heavy atom. The van der Waals surface area contributed by atoms with E-state index in [1.807, 2.05) is 0 Å². The lowest BCUT2D eigenvalue weighted by atomic mass is 9.82. The lowest BCUT2D eigenvalue weighted by Gasteiger charge is -2.30. The van der Waals surface area contributed by atoms with Crippen LogP contribution in [0.2, 0.25) is 0 Å². The van der Waals surface area contributed by atoms with Gasteiger partial charge in [-0.15, -0.1) is 0 Å². The second kappa shape index (κ2) is 8.26. The third-order valence-electron chi connectivity index (χ3n) is 5.88. The summed E-state index contributed by atoms with van der Waals surface area (Å²) in [6.45, 7) is 0.0612. The Balaban J connectivity index is 1.39. The van der Waals surface area contributed by atoms with Gasteiger partial charge in [-0.3, -0.25) is 19.4 Å². The Morgan fingerprint density at radius 1 is 1.21 bits per heavy atom. The maximum absolute atomic E-state index is 12.6. The van der Waals surface area contributed by atoms with Crippen LogP contribution in [-0.4, -0.2) is 72.1 Å². The maximum atomic E-state index is 12.6. The second-order valence-electron chi connectivity index (χ2n) is 8.09. The molecule has 1 aliphatic carbocycles. The molecule has 1 spiro atoms. The molecule has 3 fully saturated rings. The average Bonchev–Trinajstić information content (AvgIpc) is 3.14. The van der Waals surface area contributed by atoms with E-state index in [1.54, 1.807) is 0 Å². The van der Waals surface area contributed by atoms with Crippen molar-refractivity contribution in [3.05, 3.63) is 0 Å². The van der Waals surface area contributed by atoms with Gasteiger partial charge in [0.2, 0.25) is 5.91 Å². The van der Waals surface area contributed by atoms with Crippen LogP contribution in [0.4, 0.5) is 18.0 Å². The first kappa shape index (κ1) is 20.9. The molecule has 3 aliphatic rings. The number of nitrogens with zero attached hydrogens (tertiary/aromatic N) is 2. The van der Waals surface area contributed by atoms with E-state index in [0.29, 0.717) is 38.9 Å². The molecule has 2 saturated heterocycles. The van der Waals surface area contributed by atoms with Crippen molar-refractivity contribution in [1.82, 2.24) is 20.4 Å². The number of alkyl halides is 3. The van der Waals surface area contributed by atoms with Gasteiger partial charge in [-0.2, -0.15) is 13.2 Å². The first-order chi connectivity index (χ1) is 13.2. The molecule has 7 nitrogen and oxygen atoms in total. The van der Waals surface area contributed by atoms with Crippen molar-refractivity contribution in [2.24, 2.45) is 5.92 Å². The fourth-order valence-electron chi connectivity index (χ4n) is 4.41.